The van der Waals surface area contributed by atoms with Crippen molar-refractivity contribution in [1.82, 2.24) is 0 Å². The second kappa shape index (κ2) is 9.29. The van der Waals surface area contributed by atoms with Gasteiger partial charge in [-0.25, -0.2) is 0 Å². The van der Waals surface area contributed by atoms with Crippen LogP contribution in [-0.2, 0) is 16.0 Å². The minimum atomic E-state index is -0.0360. The second-order valence-electron chi connectivity index (χ2n) is 7.48. The van der Waals surface area contributed by atoms with Crippen molar-refractivity contribution in [3.63, 3.8) is 0 Å². The number of aryl methyl sites for hydroxylation is 1. The van der Waals surface area contributed by atoms with Crippen LogP contribution in [0.1, 0.15) is 32.3 Å². The van der Waals surface area contributed by atoms with Crippen LogP contribution in [0.2, 0.25) is 5.02 Å². The molecule has 1 aliphatic rings. The first-order valence-corrected chi connectivity index (χ1v) is 10.2. The lowest BCUT2D eigenvalue weighted by molar-refractivity contribution is -0.145. The summed E-state index contributed by atoms with van der Waals surface area (Å²) in [6.07, 6.45) is 2.95. The Morgan fingerprint density at radius 2 is 1.96 bits per heavy atom. The van der Waals surface area contributed by atoms with Crippen LogP contribution in [0, 0.1) is 11.8 Å². The van der Waals surface area contributed by atoms with Crippen LogP contribution in [0.25, 0.3) is 11.1 Å². The zero-order chi connectivity index (χ0) is 20.1. The number of hydrogen-bond donors (Lipinski definition) is 0. The van der Waals surface area contributed by atoms with Crippen LogP contribution in [-0.4, -0.2) is 19.2 Å². The molecule has 28 heavy (non-hydrogen) atoms. The van der Waals surface area contributed by atoms with E-state index in [0.29, 0.717) is 24.2 Å². The molecule has 3 rings (SSSR count). The maximum absolute atomic E-state index is 11.7. The number of halogens is 1. The van der Waals surface area contributed by atoms with E-state index in [4.69, 9.17) is 21.1 Å². The van der Waals surface area contributed by atoms with Gasteiger partial charge in [0.1, 0.15) is 12.4 Å². The fourth-order valence-corrected chi connectivity index (χ4v) is 3.53. The smallest absolute Gasteiger partial charge is 0.309 e. The minimum Gasteiger partial charge on any atom is -0.489 e. The Hall–Kier alpha value is -2.26. The molecule has 4 heteroatoms. The molecule has 0 unspecified atom stereocenters. The first-order valence-electron chi connectivity index (χ1n) is 9.80. The highest BCUT2D eigenvalue weighted by Crippen LogP contribution is 2.43. The van der Waals surface area contributed by atoms with Gasteiger partial charge in [-0.2, -0.15) is 0 Å². The van der Waals surface area contributed by atoms with Crippen LogP contribution in [0.3, 0.4) is 0 Å². The number of rotatable bonds is 9. The summed E-state index contributed by atoms with van der Waals surface area (Å²) in [6.45, 7) is 8.63. The molecule has 1 saturated carbocycles. The normalized spacial score (nSPS) is 17.8. The van der Waals surface area contributed by atoms with Gasteiger partial charge in [-0.05, 0) is 73.9 Å². The summed E-state index contributed by atoms with van der Waals surface area (Å²) < 4.78 is 11.0. The Bertz CT molecular complexity index is 841. The topological polar surface area (TPSA) is 35.5 Å². The predicted molar refractivity (Wildman–Crippen MR) is 114 cm³/mol. The molecule has 3 nitrogen and oxygen atoms in total. The highest BCUT2D eigenvalue weighted by atomic mass is 35.5. The van der Waals surface area contributed by atoms with E-state index in [-0.39, 0.29) is 11.9 Å². The molecule has 0 aliphatic heterocycles. The first kappa shape index (κ1) is 20.5. The Morgan fingerprint density at radius 3 is 2.64 bits per heavy atom. The number of carbonyl (C=O) groups excluding carboxylic acids is 1. The molecule has 0 bridgehead atoms. The van der Waals surface area contributed by atoms with Gasteiger partial charge in [0.05, 0.1) is 12.5 Å². The third kappa shape index (κ3) is 5.39. The lowest BCUT2D eigenvalue weighted by Crippen LogP contribution is -2.07. The van der Waals surface area contributed by atoms with Gasteiger partial charge in [0, 0.05) is 10.6 Å². The van der Waals surface area contributed by atoms with Crippen molar-refractivity contribution in [3.05, 3.63) is 65.2 Å². The summed E-state index contributed by atoms with van der Waals surface area (Å²) in [7, 11) is 0. The molecule has 2 atom stereocenters. The molecule has 0 N–H and O–H groups in total. The molecule has 0 aromatic heterocycles. The molecule has 0 spiro atoms. The number of esters is 1. The van der Waals surface area contributed by atoms with Crippen molar-refractivity contribution in [1.29, 1.82) is 0 Å². The summed E-state index contributed by atoms with van der Waals surface area (Å²) in [5.74, 6) is 1.34. The number of hydrogen-bond acceptors (Lipinski definition) is 3. The van der Waals surface area contributed by atoms with Crippen molar-refractivity contribution in [2.45, 2.75) is 33.1 Å². The molecule has 1 aliphatic carbocycles. The van der Waals surface area contributed by atoms with Gasteiger partial charge in [0.25, 0.3) is 0 Å². The molecule has 0 radical (unpaired) electrons. The average molecular weight is 399 g/mol. The fourth-order valence-electron chi connectivity index (χ4n) is 3.36. The van der Waals surface area contributed by atoms with Crippen molar-refractivity contribution >= 4 is 17.6 Å². The highest BCUT2D eigenvalue weighted by Gasteiger charge is 2.43. The number of benzene rings is 2. The largest absolute Gasteiger partial charge is 0.489 e. The maximum Gasteiger partial charge on any atom is 0.309 e. The van der Waals surface area contributed by atoms with E-state index in [1.165, 1.54) is 5.56 Å². The standard InChI is InChI=1S/C24H27ClO3/c1-4-27-24(26)22-13-19(22)10-7-17-5-8-18(9-6-17)21-14-20(25)11-12-23(21)28-15-16(2)3/h5-6,8-9,11-12,14,19,22H,2,4,7,10,13,15H2,1,3H3/t19-,22-/m1/s1. The summed E-state index contributed by atoms with van der Waals surface area (Å²) in [4.78, 5) is 11.7. The molecular weight excluding hydrogens is 372 g/mol. The first-order chi connectivity index (χ1) is 13.5. The van der Waals surface area contributed by atoms with E-state index in [9.17, 15) is 4.79 Å². The Balaban J connectivity index is 1.62. The Morgan fingerprint density at radius 1 is 1.21 bits per heavy atom. The zero-order valence-corrected chi connectivity index (χ0v) is 17.3. The van der Waals surface area contributed by atoms with Gasteiger partial charge in [-0.3, -0.25) is 4.79 Å². The van der Waals surface area contributed by atoms with Gasteiger partial charge < -0.3 is 9.47 Å². The summed E-state index contributed by atoms with van der Waals surface area (Å²) in [6, 6.07) is 14.1. The summed E-state index contributed by atoms with van der Waals surface area (Å²) in [5.41, 5.74) is 4.28. The molecule has 2 aromatic rings. The van der Waals surface area contributed by atoms with E-state index < -0.39 is 0 Å². The molecule has 0 amide bonds. The number of ether oxygens (including phenoxy) is 2. The lowest BCUT2D eigenvalue weighted by atomic mass is 10.0. The van der Waals surface area contributed by atoms with Gasteiger partial charge in [0.15, 0.2) is 0 Å². The maximum atomic E-state index is 11.7. The van der Waals surface area contributed by atoms with Crippen molar-refractivity contribution < 1.29 is 14.3 Å². The fraction of sp³-hybridized carbons (Fsp3) is 0.375. The van der Waals surface area contributed by atoms with Gasteiger partial charge >= 0.3 is 5.97 Å². The van der Waals surface area contributed by atoms with E-state index in [1.807, 2.05) is 32.0 Å². The van der Waals surface area contributed by atoms with Gasteiger partial charge in [-0.15, -0.1) is 0 Å². The average Bonchev–Trinajstić information content (AvgIpc) is 3.46. The van der Waals surface area contributed by atoms with E-state index in [1.54, 1.807) is 0 Å². The minimum absolute atomic E-state index is 0.0360. The molecular formula is C24H27ClO3. The van der Waals surface area contributed by atoms with E-state index in [2.05, 4.69) is 30.8 Å². The van der Waals surface area contributed by atoms with E-state index in [0.717, 1.165) is 41.7 Å². The molecule has 2 aromatic carbocycles. The summed E-state index contributed by atoms with van der Waals surface area (Å²) >= 11 is 6.20. The Kier molecular flexibility index (Phi) is 6.79. The molecule has 148 valence electrons. The van der Waals surface area contributed by atoms with Crippen LogP contribution in [0.15, 0.2) is 54.6 Å². The molecule has 0 heterocycles. The van der Waals surface area contributed by atoms with Crippen LogP contribution < -0.4 is 4.74 Å². The van der Waals surface area contributed by atoms with Crippen molar-refractivity contribution in [2.75, 3.05) is 13.2 Å². The monoisotopic (exact) mass is 398 g/mol. The van der Waals surface area contributed by atoms with Crippen molar-refractivity contribution in [3.8, 4) is 16.9 Å². The van der Waals surface area contributed by atoms with Gasteiger partial charge in [0.2, 0.25) is 0 Å². The zero-order valence-electron chi connectivity index (χ0n) is 16.5. The summed E-state index contributed by atoms with van der Waals surface area (Å²) in [5, 5.41) is 0.681. The number of carbonyl (C=O) groups is 1. The van der Waals surface area contributed by atoms with Gasteiger partial charge in [-0.1, -0.05) is 42.4 Å². The second-order valence-corrected chi connectivity index (χ2v) is 7.91. The Labute approximate surface area is 172 Å². The predicted octanol–water partition coefficient (Wildman–Crippen LogP) is 6.09. The third-order valence-electron chi connectivity index (χ3n) is 5.00. The van der Waals surface area contributed by atoms with Crippen LogP contribution in [0.5, 0.6) is 5.75 Å². The SMILES string of the molecule is C=C(C)COc1ccc(Cl)cc1-c1ccc(CC[C@@H]2C[C@H]2C(=O)OCC)cc1. The van der Waals surface area contributed by atoms with Crippen LogP contribution >= 0.6 is 11.6 Å². The third-order valence-corrected chi connectivity index (χ3v) is 5.23. The van der Waals surface area contributed by atoms with Crippen LogP contribution in [0.4, 0.5) is 0 Å². The quantitative estimate of drug-likeness (QED) is 0.378. The molecule has 1 fully saturated rings. The van der Waals surface area contributed by atoms with E-state index >= 15 is 0 Å². The molecule has 0 saturated heterocycles. The van der Waals surface area contributed by atoms with Crippen molar-refractivity contribution in [2.24, 2.45) is 11.8 Å². The highest BCUT2D eigenvalue weighted by molar-refractivity contribution is 6.31. The lowest BCUT2D eigenvalue weighted by Gasteiger charge is -2.13.